The Hall–Kier alpha value is 1.30. The minimum absolute atomic E-state index is 0. The van der Waals surface area contributed by atoms with Gasteiger partial charge in [-0.2, -0.15) is 13.6 Å². The molecule has 50 valence electrons. The van der Waals surface area contributed by atoms with Crippen molar-refractivity contribution >= 4 is 0 Å². The van der Waals surface area contributed by atoms with Crippen LogP contribution >= 0.6 is 0 Å². The SMILES string of the molecule is CC[N-]C[N-]C.[Mo].[Mo]. The van der Waals surface area contributed by atoms with Crippen LogP contribution in [0, 0.1) is 0 Å². The first-order valence-corrected chi connectivity index (χ1v) is 2.10. The van der Waals surface area contributed by atoms with Gasteiger partial charge in [0.25, 0.3) is 0 Å². The third kappa shape index (κ3) is 15.7. The van der Waals surface area contributed by atoms with Crippen molar-refractivity contribution in [2.24, 2.45) is 0 Å². The Morgan fingerprint density at radius 1 is 1.25 bits per heavy atom. The van der Waals surface area contributed by atoms with Crippen LogP contribution in [0.1, 0.15) is 6.92 Å². The van der Waals surface area contributed by atoms with Gasteiger partial charge in [-0.25, -0.2) is 0 Å². The van der Waals surface area contributed by atoms with Crippen molar-refractivity contribution in [1.29, 1.82) is 0 Å². The van der Waals surface area contributed by atoms with Crippen LogP contribution < -0.4 is 0 Å². The Balaban J connectivity index is -0.000000125. The van der Waals surface area contributed by atoms with Gasteiger partial charge in [-0.05, 0) is 0 Å². The normalized spacial score (nSPS) is 6.75. The molecule has 2 nitrogen and oxygen atoms in total. The van der Waals surface area contributed by atoms with Crippen molar-refractivity contribution in [1.82, 2.24) is 0 Å². The van der Waals surface area contributed by atoms with Crippen molar-refractivity contribution < 1.29 is 42.1 Å². The van der Waals surface area contributed by atoms with Crippen molar-refractivity contribution in [3.8, 4) is 0 Å². The molecule has 4 heteroatoms. The van der Waals surface area contributed by atoms with E-state index in [1.165, 1.54) is 0 Å². The molecule has 0 spiro atoms. The molecule has 0 aliphatic rings. The third-order valence-electron chi connectivity index (χ3n) is 0.465. The minimum atomic E-state index is 0. The zero-order valence-corrected chi connectivity index (χ0v) is 9.14. The fraction of sp³-hybridized carbons (Fsp3) is 1.00. The molecule has 0 aromatic carbocycles. The maximum atomic E-state index is 3.92. The van der Waals surface area contributed by atoms with Gasteiger partial charge in [0.15, 0.2) is 0 Å². The van der Waals surface area contributed by atoms with Gasteiger partial charge in [0, 0.05) is 42.1 Å². The van der Waals surface area contributed by atoms with E-state index in [9.17, 15) is 0 Å². The molecular weight excluding hydrogens is 268 g/mol. The van der Waals surface area contributed by atoms with Gasteiger partial charge in [-0.15, -0.1) is 0 Å². The van der Waals surface area contributed by atoms with Crippen LogP contribution in [0.5, 0.6) is 0 Å². The average Bonchev–Trinajstić information content (AvgIpc) is 1.61. The monoisotopic (exact) mass is 282 g/mol. The van der Waals surface area contributed by atoms with Crippen LogP contribution in [-0.4, -0.2) is 20.3 Å². The predicted molar refractivity (Wildman–Crippen MR) is 28.0 cm³/mol. The number of hydrogen-bond acceptors (Lipinski definition) is 0. The van der Waals surface area contributed by atoms with E-state index in [1.807, 2.05) is 6.92 Å². The van der Waals surface area contributed by atoms with Crippen molar-refractivity contribution in [2.75, 3.05) is 20.3 Å². The summed E-state index contributed by atoms with van der Waals surface area (Å²) in [6.45, 7) is 3.55. The molecule has 0 aromatic heterocycles. The smallest absolute Gasteiger partial charge is 0 e. The molecule has 0 saturated heterocycles. The van der Waals surface area contributed by atoms with Crippen LogP contribution in [-0.2, 0) is 42.1 Å². The van der Waals surface area contributed by atoms with E-state index in [0.717, 1.165) is 6.54 Å². The molecule has 0 aliphatic heterocycles. The number of nitrogens with zero attached hydrogens (tertiary/aromatic N) is 2. The summed E-state index contributed by atoms with van der Waals surface area (Å²) in [6, 6.07) is 0. The Morgan fingerprint density at radius 2 is 1.75 bits per heavy atom. The molecule has 0 N–H and O–H groups in total. The molecule has 0 aliphatic carbocycles. The molecule has 0 unspecified atom stereocenters. The summed E-state index contributed by atoms with van der Waals surface area (Å²) >= 11 is 0. The van der Waals surface area contributed by atoms with E-state index in [0.29, 0.717) is 6.67 Å². The van der Waals surface area contributed by atoms with Crippen LogP contribution in [0.2, 0.25) is 0 Å². The van der Waals surface area contributed by atoms with Gasteiger partial charge < -0.3 is 10.6 Å². The van der Waals surface area contributed by atoms with Crippen molar-refractivity contribution in [2.45, 2.75) is 6.92 Å². The van der Waals surface area contributed by atoms with Gasteiger partial charge in [0.05, 0.1) is 0 Å². The van der Waals surface area contributed by atoms with Gasteiger partial charge in [-0.1, -0.05) is 6.92 Å². The Kier molecular flexibility index (Phi) is 31.8. The summed E-state index contributed by atoms with van der Waals surface area (Å²) in [5, 5.41) is 7.68. The first-order valence-electron chi connectivity index (χ1n) is 2.10. The number of rotatable bonds is 3. The molecule has 0 bridgehead atoms. The molecule has 0 amide bonds. The second kappa shape index (κ2) is 15.7. The first kappa shape index (κ1) is 16.1. The summed E-state index contributed by atoms with van der Waals surface area (Å²) < 4.78 is 0. The Morgan fingerprint density at radius 3 is 1.88 bits per heavy atom. The summed E-state index contributed by atoms with van der Waals surface area (Å²) in [7, 11) is 1.76. The second-order valence-corrected chi connectivity index (χ2v) is 0.997. The molecule has 0 fully saturated rings. The molecule has 0 rings (SSSR count). The van der Waals surface area contributed by atoms with E-state index >= 15 is 0 Å². The van der Waals surface area contributed by atoms with E-state index in [2.05, 4.69) is 10.6 Å². The summed E-state index contributed by atoms with van der Waals surface area (Å²) in [5.74, 6) is 0. The van der Waals surface area contributed by atoms with Crippen LogP contribution in [0.15, 0.2) is 0 Å². The fourth-order valence-electron chi connectivity index (χ4n) is 0.200. The zero-order chi connectivity index (χ0) is 4.83. The number of hydrogen-bond donors (Lipinski definition) is 0. The topological polar surface area (TPSA) is 28.2 Å². The fourth-order valence-corrected chi connectivity index (χ4v) is 0.200. The Bertz CT molecular complexity index is 24.0. The first-order chi connectivity index (χ1) is 2.91. The van der Waals surface area contributed by atoms with E-state index in [1.54, 1.807) is 7.05 Å². The molecule has 8 heavy (non-hydrogen) atoms. The minimum Gasteiger partial charge on any atom is -0.683 e. The van der Waals surface area contributed by atoms with Crippen LogP contribution in [0.4, 0.5) is 0 Å². The standard InChI is InChI=1S/C4H10N2.2Mo/c1-3-6-4-5-2;;/h3-4H2,1-2H3;;/q-2;;. The largest absolute Gasteiger partial charge is 0.683 e. The predicted octanol–water partition coefficient (Wildman–Crippen LogP) is 1.34. The van der Waals surface area contributed by atoms with Crippen LogP contribution in [0.25, 0.3) is 10.6 Å². The van der Waals surface area contributed by atoms with E-state index in [4.69, 9.17) is 0 Å². The van der Waals surface area contributed by atoms with Gasteiger partial charge in [-0.3, -0.25) is 6.67 Å². The summed E-state index contributed by atoms with van der Waals surface area (Å²) in [4.78, 5) is 0. The zero-order valence-electron chi connectivity index (χ0n) is 5.13. The summed E-state index contributed by atoms with van der Waals surface area (Å²) in [6.07, 6.45) is 0. The molecule has 0 radical (unpaired) electrons. The third-order valence-corrected chi connectivity index (χ3v) is 0.465. The molecule has 0 aromatic rings. The van der Waals surface area contributed by atoms with E-state index in [-0.39, 0.29) is 42.1 Å². The molecule has 0 heterocycles. The van der Waals surface area contributed by atoms with Gasteiger partial charge >= 0.3 is 0 Å². The summed E-state index contributed by atoms with van der Waals surface area (Å²) in [5.41, 5.74) is 0. The molecule has 0 atom stereocenters. The van der Waals surface area contributed by atoms with Crippen molar-refractivity contribution in [3.05, 3.63) is 10.6 Å². The maximum absolute atomic E-state index is 3.92. The van der Waals surface area contributed by atoms with Crippen molar-refractivity contribution in [3.63, 3.8) is 0 Å². The van der Waals surface area contributed by atoms with Gasteiger partial charge in [0.1, 0.15) is 0 Å². The average molecular weight is 278 g/mol. The second-order valence-electron chi connectivity index (χ2n) is 0.997. The quantitative estimate of drug-likeness (QED) is 0.550. The maximum Gasteiger partial charge on any atom is 0 e. The van der Waals surface area contributed by atoms with Crippen LogP contribution in [0.3, 0.4) is 0 Å². The molecule has 0 saturated carbocycles. The molecular formula is C4H10Mo2N2-2. The Labute approximate surface area is 79.7 Å². The van der Waals surface area contributed by atoms with E-state index < -0.39 is 0 Å². The van der Waals surface area contributed by atoms with Gasteiger partial charge in [0.2, 0.25) is 0 Å².